The molecule has 0 N–H and O–H groups in total. The molecule has 0 aliphatic carbocycles. The lowest BCUT2D eigenvalue weighted by Crippen LogP contribution is -1.95. The highest BCUT2D eigenvalue weighted by atomic mass is 16.5. The van der Waals surface area contributed by atoms with Gasteiger partial charge in [0, 0.05) is 12.5 Å². The predicted octanol–water partition coefficient (Wildman–Crippen LogP) is 4.24. The molecule has 0 unspecified atom stereocenters. The third-order valence-corrected chi connectivity index (χ3v) is 3.33. The molecule has 0 amide bonds. The zero-order chi connectivity index (χ0) is 15.2. The predicted molar refractivity (Wildman–Crippen MR) is 83.4 cm³/mol. The first-order chi connectivity index (χ1) is 10.1. The second-order valence-electron chi connectivity index (χ2n) is 5.05. The normalized spacial score (nSPS) is 10.2. The van der Waals surface area contributed by atoms with Crippen molar-refractivity contribution in [3.05, 3.63) is 53.1 Å². The van der Waals surface area contributed by atoms with Gasteiger partial charge in [0.25, 0.3) is 0 Å². The second kappa shape index (κ2) is 6.93. The summed E-state index contributed by atoms with van der Waals surface area (Å²) in [7, 11) is 1.64. The van der Waals surface area contributed by atoms with E-state index in [4.69, 9.17) is 9.47 Å². The Labute approximate surface area is 125 Å². The average Bonchev–Trinajstić information content (AvgIpc) is 2.49. The van der Waals surface area contributed by atoms with Crippen LogP contribution in [-0.2, 0) is 11.2 Å². The largest absolute Gasteiger partial charge is 0.497 e. The van der Waals surface area contributed by atoms with E-state index in [2.05, 4.69) is 12.1 Å². The van der Waals surface area contributed by atoms with E-state index in [1.807, 2.05) is 38.1 Å². The lowest BCUT2D eigenvalue weighted by atomic mass is 10.0. The first kappa shape index (κ1) is 15.1. The van der Waals surface area contributed by atoms with E-state index >= 15 is 0 Å². The van der Waals surface area contributed by atoms with Crippen LogP contribution in [0.5, 0.6) is 17.2 Å². The molecule has 0 aliphatic rings. The fraction of sp³-hybridized carbons (Fsp3) is 0.278. The van der Waals surface area contributed by atoms with Crippen molar-refractivity contribution in [3.8, 4) is 17.2 Å². The van der Waals surface area contributed by atoms with Gasteiger partial charge in [-0.1, -0.05) is 18.2 Å². The van der Waals surface area contributed by atoms with E-state index in [9.17, 15) is 4.79 Å². The number of hydrogen-bond donors (Lipinski definition) is 0. The van der Waals surface area contributed by atoms with Crippen LogP contribution in [0.3, 0.4) is 0 Å². The number of methoxy groups -OCH3 is 1. The molecule has 0 atom stereocenters. The minimum absolute atomic E-state index is 0.551. The molecule has 3 heteroatoms. The van der Waals surface area contributed by atoms with Crippen LogP contribution in [0.15, 0.2) is 36.4 Å². The van der Waals surface area contributed by atoms with Gasteiger partial charge in [0.15, 0.2) is 0 Å². The Kier molecular flexibility index (Phi) is 4.99. The van der Waals surface area contributed by atoms with Gasteiger partial charge in [-0.3, -0.25) is 0 Å². The minimum Gasteiger partial charge on any atom is -0.497 e. The highest BCUT2D eigenvalue weighted by Crippen LogP contribution is 2.31. The van der Waals surface area contributed by atoms with Crippen LogP contribution in [0.1, 0.15) is 23.1 Å². The molecule has 21 heavy (non-hydrogen) atoms. The quantitative estimate of drug-likeness (QED) is 0.744. The average molecular weight is 284 g/mol. The van der Waals surface area contributed by atoms with E-state index < -0.39 is 0 Å². The Hall–Kier alpha value is -2.29. The number of aldehydes is 1. The number of carbonyl (C=O) groups is 1. The minimum atomic E-state index is 0.551. The molecule has 110 valence electrons. The standard InChI is InChI=1S/C18H20O3/c1-13-10-15(6-5-9-19)11-14(2)18(13)21-17-8-4-7-16(12-17)20-3/h4,7-12H,5-6H2,1-3H3. The number of carbonyl (C=O) groups excluding carboxylic acids is 1. The van der Waals surface area contributed by atoms with E-state index in [0.717, 1.165) is 46.6 Å². The van der Waals surface area contributed by atoms with E-state index in [-0.39, 0.29) is 0 Å². The number of aryl methyl sites for hydroxylation is 3. The summed E-state index contributed by atoms with van der Waals surface area (Å²) in [6, 6.07) is 11.7. The highest BCUT2D eigenvalue weighted by molar-refractivity contribution is 5.51. The maximum atomic E-state index is 10.5. The second-order valence-corrected chi connectivity index (χ2v) is 5.05. The molecule has 0 saturated heterocycles. The first-order valence-corrected chi connectivity index (χ1v) is 6.99. The number of benzene rings is 2. The zero-order valence-electron chi connectivity index (χ0n) is 12.7. The molecule has 0 heterocycles. The van der Waals surface area contributed by atoms with Crippen molar-refractivity contribution in [2.24, 2.45) is 0 Å². The van der Waals surface area contributed by atoms with Crippen LogP contribution in [0.4, 0.5) is 0 Å². The van der Waals surface area contributed by atoms with Crippen LogP contribution in [0.2, 0.25) is 0 Å². The van der Waals surface area contributed by atoms with Crippen molar-refractivity contribution in [1.29, 1.82) is 0 Å². The van der Waals surface area contributed by atoms with Crippen molar-refractivity contribution >= 4 is 6.29 Å². The number of ether oxygens (including phenoxy) is 2. The van der Waals surface area contributed by atoms with Crippen molar-refractivity contribution in [3.63, 3.8) is 0 Å². The van der Waals surface area contributed by atoms with Crippen LogP contribution in [0.25, 0.3) is 0 Å². The molecule has 0 radical (unpaired) electrons. The van der Waals surface area contributed by atoms with Crippen LogP contribution in [-0.4, -0.2) is 13.4 Å². The van der Waals surface area contributed by atoms with Gasteiger partial charge >= 0.3 is 0 Å². The Balaban J connectivity index is 2.25. The third kappa shape index (κ3) is 3.85. The Morgan fingerprint density at radius 3 is 2.33 bits per heavy atom. The van der Waals surface area contributed by atoms with Crippen molar-refractivity contribution < 1.29 is 14.3 Å². The van der Waals surface area contributed by atoms with Gasteiger partial charge in [-0.25, -0.2) is 0 Å². The monoisotopic (exact) mass is 284 g/mol. The summed E-state index contributed by atoms with van der Waals surface area (Å²) in [5, 5.41) is 0. The van der Waals surface area contributed by atoms with Gasteiger partial charge in [0.1, 0.15) is 23.5 Å². The molecule has 2 aromatic carbocycles. The lowest BCUT2D eigenvalue weighted by molar-refractivity contribution is -0.107. The molecular formula is C18H20O3. The first-order valence-electron chi connectivity index (χ1n) is 6.99. The topological polar surface area (TPSA) is 35.5 Å². The molecule has 3 nitrogen and oxygen atoms in total. The van der Waals surface area contributed by atoms with Crippen molar-refractivity contribution in [2.45, 2.75) is 26.7 Å². The summed E-state index contributed by atoms with van der Waals surface area (Å²) in [5.74, 6) is 2.38. The molecule has 0 aromatic heterocycles. The molecule has 0 bridgehead atoms. The number of hydrogen-bond acceptors (Lipinski definition) is 3. The van der Waals surface area contributed by atoms with Gasteiger partial charge < -0.3 is 14.3 Å². The maximum absolute atomic E-state index is 10.5. The Morgan fingerprint density at radius 2 is 1.71 bits per heavy atom. The highest BCUT2D eigenvalue weighted by Gasteiger charge is 2.08. The number of rotatable bonds is 6. The van der Waals surface area contributed by atoms with Gasteiger partial charge in [-0.2, -0.15) is 0 Å². The van der Waals surface area contributed by atoms with Gasteiger partial charge in [-0.05, 0) is 49.1 Å². The summed E-state index contributed by atoms with van der Waals surface area (Å²) < 4.78 is 11.2. The van der Waals surface area contributed by atoms with Crippen molar-refractivity contribution in [1.82, 2.24) is 0 Å². The van der Waals surface area contributed by atoms with E-state index in [1.54, 1.807) is 7.11 Å². The summed E-state index contributed by atoms with van der Waals surface area (Å²) in [6.07, 6.45) is 2.27. The zero-order valence-corrected chi connectivity index (χ0v) is 12.7. The Morgan fingerprint density at radius 1 is 1.05 bits per heavy atom. The summed E-state index contributed by atoms with van der Waals surface area (Å²) in [5.41, 5.74) is 3.30. The van der Waals surface area contributed by atoms with E-state index in [0.29, 0.717) is 6.42 Å². The molecule has 0 fully saturated rings. The van der Waals surface area contributed by atoms with Gasteiger partial charge in [0.05, 0.1) is 7.11 Å². The Bertz CT molecular complexity index is 609. The molecule has 0 spiro atoms. The molecule has 0 saturated carbocycles. The van der Waals surface area contributed by atoms with Gasteiger partial charge in [0.2, 0.25) is 0 Å². The van der Waals surface area contributed by atoms with Crippen LogP contribution in [0, 0.1) is 13.8 Å². The van der Waals surface area contributed by atoms with E-state index in [1.165, 1.54) is 0 Å². The summed E-state index contributed by atoms with van der Waals surface area (Å²) >= 11 is 0. The molecular weight excluding hydrogens is 264 g/mol. The fourth-order valence-corrected chi connectivity index (χ4v) is 2.35. The molecule has 2 rings (SSSR count). The maximum Gasteiger partial charge on any atom is 0.133 e. The lowest BCUT2D eigenvalue weighted by Gasteiger charge is -2.14. The van der Waals surface area contributed by atoms with Gasteiger partial charge in [-0.15, -0.1) is 0 Å². The van der Waals surface area contributed by atoms with Crippen molar-refractivity contribution in [2.75, 3.05) is 7.11 Å². The molecule has 0 aliphatic heterocycles. The molecule has 2 aromatic rings. The third-order valence-electron chi connectivity index (χ3n) is 3.33. The van der Waals surface area contributed by atoms with Crippen LogP contribution < -0.4 is 9.47 Å². The SMILES string of the molecule is COc1cccc(Oc2c(C)cc(CCC=O)cc2C)c1. The van der Waals surface area contributed by atoms with Crippen LogP contribution >= 0.6 is 0 Å². The summed E-state index contributed by atoms with van der Waals surface area (Å²) in [6.45, 7) is 4.04. The smallest absolute Gasteiger partial charge is 0.133 e. The summed E-state index contributed by atoms with van der Waals surface area (Å²) in [4.78, 5) is 10.5. The fourth-order valence-electron chi connectivity index (χ4n) is 2.35.